The van der Waals surface area contributed by atoms with Gasteiger partial charge in [-0.3, -0.25) is 9.69 Å². The van der Waals surface area contributed by atoms with Crippen molar-refractivity contribution in [1.82, 2.24) is 10.2 Å². The summed E-state index contributed by atoms with van der Waals surface area (Å²) in [5.74, 6) is 1.46. The molecule has 5 heteroatoms. The molecule has 2 rings (SSSR count). The summed E-state index contributed by atoms with van der Waals surface area (Å²) in [6.07, 6.45) is 1.23. The second-order valence-corrected chi connectivity index (χ2v) is 6.53. The first kappa shape index (κ1) is 18.7. The van der Waals surface area contributed by atoms with Crippen molar-refractivity contribution in [1.29, 1.82) is 0 Å². The monoisotopic (exact) mass is 334 g/mol. The van der Waals surface area contributed by atoms with E-state index in [1.54, 1.807) is 0 Å². The zero-order chi connectivity index (χ0) is 17.2. The number of para-hydroxylation sites is 1. The molecule has 5 nitrogen and oxygen atoms in total. The van der Waals surface area contributed by atoms with Crippen LogP contribution in [0.4, 0.5) is 0 Å². The standard InChI is InChI=1S/C19H30N2O3/c1-16(2)18(21-10-13-23-14-11-21)15-20-19(22)9-6-12-24-17-7-4-3-5-8-17/h3-5,7-8,16,18H,6,9-15H2,1-2H3,(H,20,22). The van der Waals surface area contributed by atoms with E-state index in [-0.39, 0.29) is 5.91 Å². The highest BCUT2D eigenvalue weighted by Crippen LogP contribution is 2.12. The molecule has 0 aliphatic carbocycles. The second-order valence-electron chi connectivity index (χ2n) is 6.53. The minimum absolute atomic E-state index is 0.102. The third-order valence-electron chi connectivity index (χ3n) is 4.35. The minimum atomic E-state index is 0.102. The molecule has 134 valence electrons. The molecule has 1 aromatic carbocycles. The van der Waals surface area contributed by atoms with E-state index in [0.29, 0.717) is 31.5 Å². The smallest absolute Gasteiger partial charge is 0.220 e. The van der Waals surface area contributed by atoms with E-state index < -0.39 is 0 Å². The van der Waals surface area contributed by atoms with Gasteiger partial charge in [-0.1, -0.05) is 32.0 Å². The molecule has 1 atom stereocenters. The first-order valence-electron chi connectivity index (χ1n) is 8.93. The number of carbonyl (C=O) groups excluding carboxylic acids is 1. The van der Waals surface area contributed by atoms with Crippen LogP contribution in [0.15, 0.2) is 30.3 Å². The number of amides is 1. The Bertz CT molecular complexity index is 473. The Labute approximate surface area is 145 Å². The van der Waals surface area contributed by atoms with E-state index in [0.717, 1.165) is 38.5 Å². The van der Waals surface area contributed by atoms with Gasteiger partial charge >= 0.3 is 0 Å². The van der Waals surface area contributed by atoms with E-state index >= 15 is 0 Å². The molecular formula is C19H30N2O3. The Morgan fingerprint density at radius 3 is 2.62 bits per heavy atom. The molecule has 1 aliphatic heterocycles. The van der Waals surface area contributed by atoms with Crippen LogP contribution >= 0.6 is 0 Å². The van der Waals surface area contributed by atoms with Crippen molar-refractivity contribution in [2.24, 2.45) is 5.92 Å². The van der Waals surface area contributed by atoms with Crippen LogP contribution in [0.25, 0.3) is 0 Å². The van der Waals surface area contributed by atoms with Gasteiger partial charge in [0.1, 0.15) is 5.75 Å². The summed E-state index contributed by atoms with van der Waals surface area (Å²) in [5.41, 5.74) is 0. The maximum Gasteiger partial charge on any atom is 0.220 e. The first-order chi connectivity index (χ1) is 11.7. The Hall–Kier alpha value is -1.59. The third kappa shape index (κ3) is 6.49. The lowest BCUT2D eigenvalue weighted by Crippen LogP contribution is -2.51. The van der Waals surface area contributed by atoms with E-state index in [2.05, 4.69) is 24.1 Å². The molecule has 0 aromatic heterocycles. The van der Waals surface area contributed by atoms with Crippen LogP contribution in [0.3, 0.4) is 0 Å². The lowest BCUT2D eigenvalue weighted by atomic mass is 10.0. The molecule has 1 saturated heterocycles. The zero-order valence-corrected chi connectivity index (χ0v) is 14.9. The maximum absolute atomic E-state index is 12.1. The number of nitrogens with zero attached hydrogens (tertiary/aromatic N) is 1. The summed E-state index contributed by atoms with van der Waals surface area (Å²) in [5, 5.41) is 3.08. The molecule has 1 N–H and O–H groups in total. The van der Waals surface area contributed by atoms with Crippen LogP contribution < -0.4 is 10.1 Å². The number of hydrogen-bond acceptors (Lipinski definition) is 4. The molecule has 1 fully saturated rings. The third-order valence-corrected chi connectivity index (χ3v) is 4.35. The van der Waals surface area contributed by atoms with Crippen LogP contribution in [0, 0.1) is 5.92 Å². The fourth-order valence-corrected chi connectivity index (χ4v) is 2.94. The molecule has 0 bridgehead atoms. The predicted molar refractivity (Wildman–Crippen MR) is 95.2 cm³/mol. The lowest BCUT2D eigenvalue weighted by Gasteiger charge is -2.36. The number of carbonyl (C=O) groups is 1. The van der Waals surface area contributed by atoms with Crippen molar-refractivity contribution < 1.29 is 14.3 Å². The second kappa shape index (κ2) is 10.3. The Kier molecular flexibility index (Phi) is 8.05. The van der Waals surface area contributed by atoms with Crippen molar-refractivity contribution in [3.8, 4) is 5.75 Å². The number of ether oxygens (including phenoxy) is 2. The molecule has 1 aromatic rings. The van der Waals surface area contributed by atoms with Crippen LogP contribution in [0.2, 0.25) is 0 Å². The van der Waals surface area contributed by atoms with Crippen LogP contribution in [-0.4, -0.2) is 56.3 Å². The van der Waals surface area contributed by atoms with E-state index in [4.69, 9.17) is 9.47 Å². The van der Waals surface area contributed by atoms with Crippen molar-refractivity contribution in [3.63, 3.8) is 0 Å². The molecule has 1 unspecified atom stereocenters. The number of benzene rings is 1. The van der Waals surface area contributed by atoms with Crippen molar-refractivity contribution >= 4 is 5.91 Å². The van der Waals surface area contributed by atoms with Gasteiger partial charge < -0.3 is 14.8 Å². The molecule has 1 heterocycles. The molecule has 0 saturated carbocycles. The zero-order valence-electron chi connectivity index (χ0n) is 14.9. The number of hydrogen-bond donors (Lipinski definition) is 1. The highest BCUT2D eigenvalue weighted by molar-refractivity contribution is 5.75. The highest BCUT2D eigenvalue weighted by Gasteiger charge is 2.24. The average molecular weight is 334 g/mol. The van der Waals surface area contributed by atoms with Crippen LogP contribution in [0.5, 0.6) is 5.75 Å². The van der Waals surface area contributed by atoms with Crippen LogP contribution in [-0.2, 0) is 9.53 Å². The van der Waals surface area contributed by atoms with E-state index in [9.17, 15) is 4.79 Å². The summed E-state index contributed by atoms with van der Waals surface area (Å²) in [4.78, 5) is 14.5. The molecule has 1 amide bonds. The van der Waals surface area contributed by atoms with Crippen molar-refractivity contribution in [3.05, 3.63) is 30.3 Å². The fraction of sp³-hybridized carbons (Fsp3) is 0.632. The van der Waals surface area contributed by atoms with Crippen LogP contribution in [0.1, 0.15) is 26.7 Å². The molecule has 0 spiro atoms. The van der Waals surface area contributed by atoms with Gasteiger partial charge in [-0.15, -0.1) is 0 Å². The van der Waals surface area contributed by atoms with Gasteiger partial charge in [0, 0.05) is 32.1 Å². The first-order valence-corrected chi connectivity index (χ1v) is 8.93. The van der Waals surface area contributed by atoms with Gasteiger partial charge in [-0.25, -0.2) is 0 Å². The average Bonchev–Trinajstić information content (AvgIpc) is 2.60. The lowest BCUT2D eigenvalue weighted by molar-refractivity contribution is -0.121. The molecular weight excluding hydrogens is 304 g/mol. The molecule has 1 aliphatic rings. The fourth-order valence-electron chi connectivity index (χ4n) is 2.94. The van der Waals surface area contributed by atoms with Gasteiger partial charge in [-0.05, 0) is 24.5 Å². The molecule has 24 heavy (non-hydrogen) atoms. The van der Waals surface area contributed by atoms with E-state index in [1.165, 1.54) is 0 Å². The van der Waals surface area contributed by atoms with E-state index in [1.807, 2.05) is 30.3 Å². The quantitative estimate of drug-likeness (QED) is 0.704. The Balaban J connectivity index is 1.63. The Morgan fingerprint density at radius 2 is 1.96 bits per heavy atom. The van der Waals surface area contributed by atoms with Gasteiger partial charge in [-0.2, -0.15) is 0 Å². The number of rotatable bonds is 9. The summed E-state index contributed by atoms with van der Waals surface area (Å²) in [7, 11) is 0. The summed E-state index contributed by atoms with van der Waals surface area (Å²) in [6.45, 7) is 9.15. The summed E-state index contributed by atoms with van der Waals surface area (Å²) in [6, 6.07) is 10.1. The van der Waals surface area contributed by atoms with Crippen molar-refractivity contribution in [2.75, 3.05) is 39.5 Å². The number of morpholine rings is 1. The SMILES string of the molecule is CC(C)C(CNC(=O)CCCOc1ccccc1)N1CCOCC1. The topological polar surface area (TPSA) is 50.8 Å². The largest absolute Gasteiger partial charge is 0.494 e. The van der Waals surface area contributed by atoms with Gasteiger partial charge in [0.2, 0.25) is 5.91 Å². The maximum atomic E-state index is 12.1. The van der Waals surface area contributed by atoms with Gasteiger partial charge in [0.05, 0.1) is 19.8 Å². The van der Waals surface area contributed by atoms with Gasteiger partial charge in [0.15, 0.2) is 0 Å². The van der Waals surface area contributed by atoms with Crippen molar-refractivity contribution in [2.45, 2.75) is 32.7 Å². The summed E-state index contributed by atoms with van der Waals surface area (Å²) >= 11 is 0. The summed E-state index contributed by atoms with van der Waals surface area (Å²) < 4.78 is 11.0. The van der Waals surface area contributed by atoms with Gasteiger partial charge in [0.25, 0.3) is 0 Å². The normalized spacial score (nSPS) is 16.8. The highest BCUT2D eigenvalue weighted by atomic mass is 16.5. The predicted octanol–water partition coefficient (Wildman–Crippen LogP) is 2.32. The number of nitrogens with one attached hydrogen (secondary N) is 1. The Morgan fingerprint density at radius 1 is 1.25 bits per heavy atom. The minimum Gasteiger partial charge on any atom is -0.494 e. The molecule has 0 radical (unpaired) electrons.